The van der Waals surface area contributed by atoms with Crippen LogP contribution in [0.2, 0.25) is 0 Å². The molecule has 3 rings (SSSR count). The molecule has 0 spiro atoms. The lowest BCUT2D eigenvalue weighted by Crippen LogP contribution is -2.31. The van der Waals surface area contributed by atoms with Crippen LogP contribution >= 0.6 is 11.8 Å². The van der Waals surface area contributed by atoms with Gasteiger partial charge in [0, 0.05) is 17.9 Å². The summed E-state index contributed by atoms with van der Waals surface area (Å²) in [7, 11) is -3.68. The van der Waals surface area contributed by atoms with Gasteiger partial charge < -0.3 is 10.6 Å². The van der Waals surface area contributed by atoms with E-state index >= 15 is 0 Å². The van der Waals surface area contributed by atoms with E-state index in [2.05, 4.69) is 10.6 Å². The normalized spacial score (nSPS) is 14.7. The van der Waals surface area contributed by atoms with Crippen LogP contribution in [0.4, 0.5) is 5.69 Å². The minimum Gasteiger partial charge on any atom is -0.356 e. The summed E-state index contributed by atoms with van der Waals surface area (Å²) in [5.74, 6) is -0.134. The SMILES string of the molecule is C[C@H](CC(=O)NCCc1ccccc1)S(=O)(=O)c1ccc2c(c1)NC(=O)CS2. The van der Waals surface area contributed by atoms with Crippen LogP contribution in [0, 0.1) is 0 Å². The van der Waals surface area contributed by atoms with Gasteiger partial charge in [0.15, 0.2) is 9.84 Å². The summed E-state index contributed by atoms with van der Waals surface area (Å²) in [6.45, 7) is 1.98. The molecule has 0 unspecified atom stereocenters. The van der Waals surface area contributed by atoms with Crippen LogP contribution in [0.15, 0.2) is 58.3 Å². The van der Waals surface area contributed by atoms with Crippen LogP contribution in [0.25, 0.3) is 0 Å². The van der Waals surface area contributed by atoms with Gasteiger partial charge in [-0.15, -0.1) is 11.8 Å². The number of anilines is 1. The van der Waals surface area contributed by atoms with Crippen LogP contribution < -0.4 is 10.6 Å². The van der Waals surface area contributed by atoms with Gasteiger partial charge in [0.2, 0.25) is 11.8 Å². The molecular formula is C20H22N2O4S2. The monoisotopic (exact) mass is 418 g/mol. The minimum absolute atomic E-state index is 0.110. The first kappa shape index (κ1) is 20.4. The Balaban J connectivity index is 1.59. The minimum atomic E-state index is -3.68. The average molecular weight is 419 g/mol. The summed E-state index contributed by atoms with van der Waals surface area (Å²) < 4.78 is 25.7. The number of benzene rings is 2. The summed E-state index contributed by atoms with van der Waals surface area (Å²) in [6, 6.07) is 14.5. The highest BCUT2D eigenvalue weighted by molar-refractivity contribution is 8.00. The number of thioether (sulfide) groups is 1. The van der Waals surface area contributed by atoms with Gasteiger partial charge in [-0.3, -0.25) is 9.59 Å². The van der Waals surface area contributed by atoms with Crippen molar-refractivity contribution in [1.82, 2.24) is 5.32 Å². The number of nitrogens with one attached hydrogen (secondary N) is 2. The van der Waals surface area contributed by atoms with Crippen molar-refractivity contribution in [3.63, 3.8) is 0 Å². The van der Waals surface area contributed by atoms with E-state index in [9.17, 15) is 18.0 Å². The molecule has 0 aliphatic carbocycles. The lowest BCUT2D eigenvalue weighted by molar-refractivity contribution is -0.121. The van der Waals surface area contributed by atoms with Gasteiger partial charge in [-0.1, -0.05) is 30.3 Å². The fourth-order valence-corrected chi connectivity index (χ4v) is 5.07. The number of sulfone groups is 1. The second kappa shape index (κ2) is 8.79. The van der Waals surface area contributed by atoms with E-state index in [1.165, 1.54) is 30.8 Å². The number of carbonyl (C=O) groups is 2. The molecule has 1 aliphatic heterocycles. The fraction of sp³-hybridized carbons (Fsp3) is 0.300. The van der Waals surface area contributed by atoms with Crippen molar-refractivity contribution in [3.05, 3.63) is 54.1 Å². The van der Waals surface area contributed by atoms with Gasteiger partial charge in [-0.25, -0.2) is 8.42 Å². The van der Waals surface area contributed by atoms with E-state index in [1.807, 2.05) is 30.3 Å². The number of carbonyl (C=O) groups excluding carboxylic acids is 2. The van der Waals surface area contributed by atoms with Gasteiger partial charge in [0.05, 0.1) is 21.6 Å². The highest BCUT2D eigenvalue weighted by atomic mass is 32.2. The van der Waals surface area contributed by atoms with Crippen molar-refractivity contribution in [3.8, 4) is 0 Å². The average Bonchev–Trinajstić information content (AvgIpc) is 2.68. The van der Waals surface area contributed by atoms with Gasteiger partial charge >= 0.3 is 0 Å². The summed E-state index contributed by atoms with van der Waals surface area (Å²) in [4.78, 5) is 24.6. The molecule has 2 N–H and O–H groups in total. The molecule has 28 heavy (non-hydrogen) atoms. The molecule has 8 heteroatoms. The third kappa shape index (κ3) is 4.94. The molecule has 0 saturated carbocycles. The van der Waals surface area contributed by atoms with E-state index < -0.39 is 15.1 Å². The predicted molar refractivity (Wildman–Crippen MR) is 110 cm³/mol. The second-order valence-electron chi connectivity index (χ2n) is 6.64. The standard InChI is InChI=1S/C20H22N2O4S2/c1-14(11-19(23)21-10-9-15-5-3-2-4-6-15)28(25,26)16-7-8-18-17(12-16)22-20(24)13-27-18/h2-8,12,14H,9-11,13H2,1H3,(H,21,23)(H,22,24)/t14-/m1/s1. The van der Waals surface area contributed by atoms with Gasteiger partial charge in [-0.2, -0.15) is 0 Å². The van der Waals surface area contributed by atoms with E-state index in [1.54, 1.807) is 6.07 Å². The van der Waals surface area contributed by atoms with E-state index in [0.717, 1.165) is 10.5 Å². The topological polar surface area (TPSA) is 92.3 Å². The quantitative estimate of drug-likeness (QED) is 0.721. The molecule has 6 nitrogen and oxygen atoms in total. The first-order valence-electron chi connectivity index (χ1n) is 8.97. The first-order valence-corrected chi connectivity index (χ1v) is 11.5. The Kier molecular flexibility index (Phi) is 6.41. The van der Waals surface area contributed by atoms with Crippen LogP contribution in [0.3, 0.4) is 0 Å². The number of hydrogen-bond donors (Lipinski definition) is 2. The fourth-order valence-electron chi connectivity index (χ4n) is 2.91. The van der Waals surface area contributed by atoms with Gasteiger partial charge in [0.25, 0.3) is 0 Å². The number of amides is 2. The summed E-state index contributed by atoms with van der Waals surface area (Å²) in [5, 5.41) is 4.60. The van der Waals surface area contributed by atoms with Crippen LogP contribution in [-0.2, 0) is 25.8 Å². The predicted octanol–water partition coefficient (Wildman–Crippen LogP) is 2.64. The van der Waals surface area contributed by atoms with Crippen molar-refractivity contribution in [1.29, 1.82) is 0 Å². The Hall–Kier alpha value is -2.32. The Labute approximate surface area is 169 Å². The molecule has 2 aromatic carbocycles. The van der Waals surface area contributed by atoms with Crippen molar-refractivity contribution in [2.24, 2.45) is 0 Å². The Morgan fingerprint density at radius 1 is 1.21 bits per heavy atom. The molecule has 148 valence electrons. The molecule has 0 saturated heterocycles. The molecule has 2 amide bonds. The number of fused-ring (bicyclic) bond motifs is 1. The van der Waals surface area contributed by atoms with E-state index in [-0.39, 0.29) is 23.1 Å². The molecule has 0 bridgehead atoms. The number of hydrogen-bond acceptors (Lipinski definition) is 5. The largest absolute Gasteiger partial charge is 0.356 e. The van der Waals surface area contributed by atoms with Crippen molar-refractivity contribution < 1.29 is 18.0 Å². The molecule has 1 heterocycles. The van der Waals surface area contributed by atoms with Gasteiger partial charge in [0.1, 0.15) is 0 Å². The zero-order valence-corrected chi connectivity index (χ0v) is 17.1. The van der Waals surface area contributed by atoms with Crippen LogP contribution in [-0.4, -0.2) is 37.8 Å². The lowest BCUT2D eigenvalue weighted by atomic mass is 10.1. The highest BCUT2D eigenvalue weighted by Crippen LogP contribution is 2.34. The van der Waals surface area contributed by atoms with E-state index in [0.29, 0.717) is 24.4 Å². The van der Waals surface area contributed by atoms with Gasteiger partial charge in [-0.05, 0) is 37.1 Å². The molecule has 0 radical (unpaired) electrons. The molecule has 0 fully saturated rings. The third-order valence-corrected chi connectivity index (χ3v) is 7.70. The maximum absolute atomic E-state index is 12.8. The second-order valence-corrected chi connectivity index (χ2v) is 10.0. The Bertz CT molecular complexity index is 975. The summed E-state index contributed by atoms with van der Waals surface area (Å²) >= 11 is 1.37. The Morgan fingerprint density at radius 2 is 1.96 bits per heavy atom. The van der Waals surface area contributed by atoms with Crippen molar-refractivity contribution in [2.75, 3.05) is 17.6 Å². The molecule has 2 aromatic rings. The zero-order valence-electron chi connectivity index (χ0n) is 15.5. The lowest BCUT2D eigenvalue weighted by Gasteiger charge is -2.18. The molecule has 0 aromatic heterocycles. The van der Waals surface area contributed by atoms with Crippen LogP contribution in [0.1, 0.15) is 18.9 Å². The van der Waals surface area contributed by atoms with Crippen molar-refractivity contribution >= 4 is 39.1 Å². The number of rotatable bonds is 7. The first-order chi connectivity index (χ1) is 13.4. The zero-order chi connectivity index (χ0) is 20.1. The maximum Gasteiger partial charge on any atom is 0.234 e. The Morgan fingerprint density at radius 3 is 2.71 bits per heavy atom. The maximum atomic E-state index is 12.8. The van der Waals surface area contributed by atoms with E-state index in [4.69, 9.17) is 0 Å². The molecular weight excluding hydrogens is 396 g/mol. The highest BCUT2D eigenvalue weighted by Gasteiger charge is 2.27. The molecule has 1 atom stereocenters. The molecule has 1 aliphatic rings. The third-order valence-electron chi connectivity index (χ3n) is 4.49. The smallest absolute Gasteiger partial charge is 0.234 e. The summed E-state index contributed by atoms with van der Waals surface area (Å²) in [6.07, 6.45) is 0.575. The van der Waals surface area contributed by atoms with Crippen LogP contribution in [0.5, 0.6) is 0 Å². The van der Waals surface area contributed by atoms with Crippen molar-refractivity contribution in [2.45, 2.75) is 34.8 Å². The summed E-state index contributed by atoms with van der Waals surface area (Å²) in [5.41, 5.74) is 1.61.